The number of carboxylic acid groups (broad SMARTS) is 2. The summed E-state index contributed by atoms with van der Waals surface area (Å²) in [6.45, 7) is 3.57. The monoisotopic (exact) mass is 216 g/mol. The molecule has 0 aromatic heterocycles. The van der Waals surface area contributed by atoms with E-state index in [0.717, 1.165) is 0 Å². The molecule has 1 atom stereocenters. The molecule has 0 aliphatic heterocycles. The number of Topliss-reactive ketones (excluding diaryl/α,β-unsaturated/α-hetero) is 1. The summed E-state index contributed by atoms with van der Waals surface area (Å²) in [5.41, 5.74) is 0. The summed E-state index contributed by atoms with van der Waals surface area (Å²) in [6.07, 6.45) is 0.447. The number of carbonyl (C=O) groups excluding carboxylic acids is 1. The van der Waals surface area contributed by atoms with Crippen molar-refractivity contribution in [3.63, 3.8) is 0 Å². The van der Waals surface area contributed by atoms with Crippen molar-refractivity contribution in [1.29, 1.82) is 0 Å². The molecular weight excluding hydrogens is 200 g/mol. The van der Waals surface area contributed by atoms with Gasteiger partial charge in [-0.3, -0.25) is 14.4 Å². The van der Waals surface area contributed by atoms with Crippen LogP contribution in [0.1, 0.15) is 33.1 Å². The van der Waals surface area contributed by atoms with Gasteiger partial charge in [0.2, 0.25) is 0 Å². The largest absolute Gasteiger partial charge is 0.481 e. The Balaban J connectivity index is 4.68. The molecule has 0 saturated heterocycles. The molecule has 0 fully saturated rings. The third-order valence-electron chi connectivity index (χ3n) is 2.41. The van der Waals surface area contributed by atoms with E-state index in [1.807, 2.05) is 0 Å². The second kappa shape index (κ2) is 6.16. The van der Waals surface area contributed by atoms with Crippen molar-refractivity contribution in [1.82, 2.24) is 0 Å². The Bertz CT molecular complexity index is 255. The van der Waals surface area contributed by atoms with Gasteiger partial charge in [0.05, 0.1) is 6.42 Å². The summed E-state index contributed by atoms with van der Waals surface area (Å²) in [7, 11) is 0. The summed E-state index contributed by atoms with van der Waals surface area (Å²) < 4.78 is 0. The highest BCUT2D eigenvalue weighted by molar-refractivity contribution is 6.01. The minimum atomic E-state index is -1.41. The minimum absolute atomic E-state index is 0.356. The molecule has 0 aliphatic rings. The van der Waals surface area contributed by atoms with Gasteiger partial charge in [0.25, 0.3) is 0 Å². The molecule has 0 unspecified atom stereocenters. The number of carbonyl (C=O) groups is 3. The Morgan fingerprint density at radius 2 is 1.53 bits per heavy atom. The Kier molecular flexibility index (Phi) is 5.59. The van der Waals surface area contributed by atoms with Crippen LogP contribution in [0.2, 0.25) is 0 Å². The van der Waals surface area contributed by atoms with Crippen LogP contribution in [0.3, 0.4) is 0 Å². The van der Waals surface area contributed by atoms with Crippen LogP contribution in [0.5, 0.6) is 0 Å². The summed E-state index contributed by atoms with van der Waals surface area (Å²) in [4.78, 5) is 32.8. The number of rotatable bonds is 7. The third-order valence-corrected chi connectivity index (χ3v) is 2.41. The van der Waals surface area contributed by atoms with E-state index in [4.69, 9.17) is 10.2 Å². The topological polar surface area (TPSA) is 91.7 Å². The summed E-state index contributed by atoms with van der Waals surface area (Å²) in [5.74, 6) is -4.86. The van der Waals surface area contributed by atoms with E-state index in [2.05, 4.69) is 0 Å². The molecule has 0 aliphatic carbocycles. The lowest BCUT2D eigenvalue weighted by Gasteiger charge is -2.15. The van der Waals surface area contributed by atoms with Crippen LogP contribution in [-0.2, 0) is 14.4 Å². The van der Waals surface area contributed by atoms with Gasteiger partial charge in [-0.1, -0.05) is 13.8 Å². The molecule has 5 nitrogen and oxygen atoms in total. The molecule has 0 rings (SSSR count). The van der Waals surface area contributed by atoms with E-state index in [9.17, 15) is 14.4 Å². The van der Waals surface area contributed by atoms with Crippen molar-refractivity contribution in [3.8, 4) is 0 Å². The van der Waals surface area contributed by atoms with Gasteiger partial charge in [0.15, 0.2) is 5.78 Å². The molecule has 86 valence electrons. The minimum Gasteiger partial charge on any atom is -0.481 e. The first-order chi connectivity index (χ1) is 6.93. The molecule has 5 heteroatoms. The molecule has 0 bridgehead atoms. The van der Waals surface area contributed by atoms with Crippen LogP contribution in [-0.4, -0.2) is 27.9 Å². The van der Waals surface area contributed by atoms with Crippen LogP contribution >= 0.6 is 0 Å². The first kappa shape index (κ1) is 13.6. The maximum absolute atomic E-state index is 11.6. The first-order valence-electron chi connectivity index (χ1n) is 4.92. The van der Waals surface area contributed by atoms with Crippen LogP contribution in [0.15, 0.2) is 0 Å². The lowest BCUT2D eigenvalue weighted by molar-refractivity contribution is -0.153. The van der Waals surface area contributed by atoms with E-state index in [0.29, 0.717) is 12.8 Å². The summed E-state index contributed by atoms with van der Waals surface area (Å²) >= 11 is 0. The van der Waals surface area contributed by atoms with Gasteiger partial charge in [-0.2, -0.15) is 0 Å². The van der Waals surface area contributed by atoms with E-state index in [1.165, 1.54) is 0 Å². The van der Waals surface area contributed by atoms with E-state index >= 15 is 0 Å². The number of carboxylic acids is 2. The number of ketones is 1. The lowest BCUT2D eigenvalue weighted by Crippen LogP contribution is -2.31. The number of hydrogen-bond donors (Lipinski definition) is 2. The maximum Gasteiger partial charge on any atom is 0.314 e. The van der Waals surface area contributed by atoms with Gasteiger partial charge in [-0.05, 0) is 12.8 Å². The zero-order valence-electron chi connectivity index (χ0n) is 8.90. The highest BCUT2D eigenvalue weighted by atomic mass is 16.4. The van der Waals surface area contributed by atoms with E-state index in [-0.39, 0.29) is 5.92 Å². The summed E-state index contributed by atoms with van der Waals surface area (Å²) in [5, 5.41) is 17.2. The maximum atomic E-state index is 11.6. The van der Waals surface area contributed by atoms with Gasteiger partial charge in [0.1, 0.15) is 5.92 Å². The van der Waals surface area contributed by atoms with Gasteiger partial charge >= 0.3 is 11.9 Å². The highest BCUT2D eigenvalue weighted by Crippen LogP contribution is 2.17. The molecule has 0 heterocycles. The molecule has 0 spiro atoms. The van der Waals surface area contributed by atoms with Gasteiger partial charge < -0.3 is 10.2 Å². The Labute approximate surface area is 88.1 Å². The average molecular weight is 216 g/mol. The van der Waals surface area contributed by atoms with Gasteiger partial charge in [0, 0.05) is 5.92 Å². The fourth-order valence-electron chi connectivity index (χ4n) is 1.46. The summed E-state index contributed by atoms with van der Waals surface area (Å²) in [6, 6.07) is 0. The zero-order chi connectivity index (χ0) is 12.0. The van der Waals surface area contributed by atoms with Crippen molar-refractivity contribution >= 4 is 17.7 Å². The second-order valence-corrected chi connectivity index (χ2v) is 3.40. The molecule has 2 N–H and O–H groups in total. The predicted octanol–water partition coefficient (Wildman–Crippen LogP) is 1.17. The molecule has 0 amide bonds. The zero-order valence-corrected chi connectivity index (χ0v) is 8.90. The average Bonchev–Trinajstić information content (AvgIpc) is 2.15. The molecule has 15 heavy (non-hydrogen) atoms. The van der Waals surface area contributed by atoms with Crippen molar-refractivity contribution in [2.45, 2.75) is 33.1 Å². The molecule has 0 aromatic carbocycles. The van der Waals surface area contributed by atoms with Gasteiger partial charge in [-0.15, -0.1) is 0 Å². The number of aliphatic carboxylic acids is 2. The third kappa shape index (κ3) is 4.10. The van der Waals surface area contributed by atoms with Crippen LogP contribution < -0.4 is 0 Å². The van der Waals surface area contributed by atoms with Crippen molar-refractivity contribution < 1.29 is 24.6 Å². The quantitative estimate of drug-likeness (QED) is 0.623. The Morgan fingerprint density at radius 1 is 1.07 bits per heavy atom. The smallest absolute Gasteiger partial charge is 0.314 e. The molecule has 0 saturated carbocycles. The molecule has 0 radical (unpaired) electrons. The van der Waals surface area contributed by atoms with Gasteiger partial charge in [-0.25, -0.2) is 0 Å². The van der Waals surface area contributed by atoms with Crippen molar-refractivity contribution in [3.05, 3.63) is 0 Å². The fourth-order valence-corrected chi connectivity index (χ4v) is 1.46. The normalized spacial score (nSPS) is 12.5. The standard InChI is InChI=1S/C10H16O5/c1-3-6(4-2)9(13)7(10(14)15)5-8(11)12/h6-7H,3-5H2,1-2H3,(H,11,12)(H,14,15)/t7-/m0/s1. The van der Waals surface area contributed by atoms with Crippen molar-refractivity contribution in [2.24, 2.45) is 11.8 Å². The second-order valence-electron chi connectivity index (χ2n) is 3.40. The number of hydrogen-bond acceptors (Lipinski definition) is 3. The molecule has 0 aromatic rings. The lowest BCUT2D eigenvalue weighted by atomic mass is 9.87. The fraction of sp³-hybridized carbons (Fsp3) is 0.700. The SMILES string of the molecule is CCC(CC)C(=O)[C@H](CC(=O)O)C(=O)O. The Hall–Kier alpha value is -1.39. The van der Waals surface area contributed by atoms with E-state index in [1.54, 1.807) is 13.8 Å². The van der Waals surface area contributed by atoms with Crippen LogP contribution in [0.25, 0.3) is 0 Å². The highest BCUT2D eigenvalue weighted by Gasteiger charge is 2.32. The Morgan fingerprint density at radius 3 is 1.80 bits per heavy atom. The van der Waals surface area contributed by atoms with Crippen molar-refractivity contribution in [2.75, 3.05) is 0 Å². The first-order valence-corrected chi connectivity index (χ1v) is 4.92. The predicted molar refractivity (Wildman–Crippen MR) is 52.5 cm³/mol. The van der Waals surface area contributed by atoms with Crippen LogP contribution in [0.4, 0.5) is 0 Å². The molecular formula is C10H16O5. The van der Waals surface area contributed by atoms with E-state index < -0.39 is 30.1 Å². The van der Waals surface area contributed by atoms with Crippen LogP contribution in [0, 0.1) is 11.8 Å².